The first-order valence-electron chi connectivity index (χ1n) is 5.76. The number of carbonyl (C=O) groups excluding carboxylic acids is 1. The van der Waals surface area contributed by atoms with Crippen LogP contribution in [0.1, 0.15) is 39.6 Å². The van der Waals surface area contributed by atoms with Gasteiger partial charge in [0.2, 0.25) is 0 Å². The van der Waals surface area contributed by atoms with E-state index in [-0.39, 0.29) is 12.1 Å². The Morgan fingerprint density at radius 1 is 1.47 bits per heavy atom. The molecule has 94 valence electrons. The zero-order valence-corrected chi connectivity index (χ0v) is 10.7. The van der Waals surface area contributed by atoms with Crippen LogP contribution in [0.5, 0.6) is 0 Å². The lowest BCUT2D eigenvalue weighted by Gasteiger charge is -2.34. The van der Waals surface area contributed by atoms with E-state index in [1.54, 1.807) is 4.90 Å². The number of aromatic nitrogens is 3. The number of hydrogen-bond acceptors (Lipinski definition) is 4. The Labute approximate surface area is 101 Å². The van der Waals surface area contributed by atoms with Crippen LogP contribution in [0.25, 0.3) is 0 Å². The van der Waals surface area contributed by atoms with Gasteiger partial charge in [-0.2, -0.15) is 5.10 Å². The maximum atomic E-state index is 12.0. The van der Waals surface area contributed by atoms with Crippen LogP contribution < -0.4 is 0 Å². The molecule has 0 saturated heterocycles. The van der Waals surface area contributed by atoms with E-state index in [2.05, 4.69) is 10.1 Å². The molecule has 1 aromatic heterocycles. The quantitative estimate of drug-likeness (QED) is 0.688. The lowest BCUT2D eigenvalue weighted by molar-refractivity contribution is 0.0115. The molecule has 0 aliphatic carbocycles. The first-order valence-corrected chi connectivity index (χ1v) is 5.76. The topological polar surface area (TPSA) is 60.2 Å². The van der Waals surface area contributed by atoms with E-state index < -0.39 is 5.60 Å². The van der Waals surface area contributed by atoms with E-state index in [1.807, 2.05) is 32.4 Å². The van der Waals surface area contributed by atoms with Gasteiger partial charge in [-0.3, -0.25) is 4.90 Å². The van der Waals surface area contributed by atoms with Gasteiger partial charge in [0.15, 0.2) is 0 Å². The Balaban J connectivity index is 2.12. The summed E-state index contributed by atoms with van der Waals surface area (Å²) in [7, 11) is 0. The molecular formula is C11H18N4O2. The Hall–Kier alpha value is -1.59. The van der Waals surface area contributed by atoms with Gasteiger partial charge in [0.05, 0.1) is 12.6 Å². The summed E-state index contributed by atoms with van der Waals surface area (Å²) in [6.45, 7) is 8.79. The van der Waals surface area contributed by atoms with Gasteiger partial charge in [-0.05, 0) is 27.7 Å². The van der Waals surface area contributed by atoms with Gasteiger partial charge in [-0.1, -0.05) is 0 Å². The molecule has 1 aromatic rings. The smallest absolute Gasteiger partial charge is 0.410 e. The molecule has 0 fully saturated rings. The third-order valence-corrected chi connectivity index (χ3v) is 2.67. The predicted molar refractivity (Wildman–Crippen MR) is 61.4 cm³/mol. The maximum Gasteiger partial charge on any atom is 0.410 e. The van der Waals surface area contributed by atoms with Crippen molar-refractivity contribution in [2.45, 2.75) is 45.9 Å². The van der Waals surface area contributed by atoms with Crippen LogP contribution >= 0.6 is 0 Å². The molecule has 1 amide bonds. The number of amides is 1. The average Bonchev–Trinajstić information content (AvgIpc) is 2.63. The molecule has 1 atom stereocenters. The van der Waals surface area contributed by atoms with Crippen LogP contribution in [0.3, 0.4) is 0 Å². The van der Waals surface area contributed by atoms with E-state index >= 15 is 0 Å². The zero-order valence-electron chi connectivity index (χ0n) is 10.7. The normalized spacial score (nSPS) is 20.0. The largest absolute Gasteiger partial charge is 0.444 e. The molecule has 6 heteroatoms. The Kier molecular flexibility index (Phi) is 2.81. The number of nitrogens with zero attached hydrogens (tertiary/aromatic N) is 4. The fraction of sp³-hybridized carbons (Fsp3) is 0.727. The summed E-state index contributed by atoms with van der Waals surface area (Å²) < 4.78 is 7.19. The summed E-state index contributed by atoms with van der Waals surface area (Å²) in [5, 5.41) is 4.10. The highest BCUT2D eigenvalue weighted by Gasteiger charge is 2.32. The molecule has 1 aliphatic heterocycles. The summed E-state index contributed by atoms with van der Waals surface area (Å²) in [6.07, 6.45) is 1.23. The molecule has 1 aliphatic rings. The molecule has 0 spiro atoms. The van der Waals surface area contributed by atoms with E-state index in [0.29, 0.717) is 13.1 Å². The third kappa shape index (κ3) is 2.40. The highest BCUT2D eigenvalue weighted by molar-refractivity contribution is 5.68. The molecule has 0 unspecified atom stereocenters. The molecule has 6 nitrogen and oxygen atoms in total. The number of rotatable bonds is 0. The van der Waals surface area contributed by atoms with Crippen molar-refractivity contribution >= 4 is 6.09 Å². The first kappa shape index (κ1) is 11.9. The number of fused-ring (bicyclic) bond motifs is 1. The van der Waals surface area contributed by atoms with Gasteiger partial charge in [0.25, 0.3) is 0 Å². The third-order valence-electron chi connectivity index (χ3n) is 2.67. The van der Waals surface area contributed by atoms with Gasteiger partial charge in [0, 0.05) is 6.54 Å². The van der Waals surface area contributed by atoms with Crippen LogP contribution in [0.2, 0.25) is 0 Å². The van der Waals surface area contributed by atoms with Crippen molar-refractivity contribution in [3.63, 3.8) is 0 Å². The minimum atomic E-state index is -0.470. The molecule has 0 aromatic carbocycles. The zero-order chi connectivity index (χ0) is 12.6. The molecule has 2 rings (SSSR count). The second-order valence-corrected chi connectivity index (χ2v) is 5.19. The Morgan fingerprint density at radius 3 is 2.82 bits per heavy atom. The number of hydrogen-bond donors (Lipinski definition) is 0. The van der Waals surface area contributed by atoms with E-state index in [1.165, 1.54) is 6.33 Å². The fourth-order valence-electron chi connectivity index (χ4n) is 1.87. The van der Waals surface area contributed by atoms with Gasteiger partial charge in [0.1, 0.15) is 17.8 Å². The maximum absolute atomic E-state index is 12.0. The predicted octanol–water partition coefficient (Wildman–Crippen LogP) is 1.59. The van der Waals surface area contributed by atoms with E-state index in [4.69, 9.17) is 4.74 Å². The molecular weight excluding hydrogens is 220 g/mol. The molecule has 0 saturated carbocycles. The van der Waals surface area contributed by atoms with Crippen molar-refractivity contribution in [3.05, 3.63) is 12.2 Å². The van der Waals surface area contributed by atoms with Crippen LogP contribution in [0, 0.1) is 0 Å². The van der Waals surface area contributed by atoms with Crippen LogP contribution in [0.15, 0.2) is 6.33 Å². The van der Waals surface area contributed by atoms with Crippen molar-refractivity contribution in [3.8, 4) is 0 Å². The summed E-state index contributed by atoms with van der Waals surface area (Å²) in [5.74, 6) is 0.808. The standard InChI is InChI=1S/C11H18N4O2/c1-8-9-12-7-13-15(9)6-5-14(8)10(16)17-11(2,3)4/h7-8H,5-6H2,1-4H3/t8-/m1/s1. The molecule has 17 heavy (non-hydrogen) atoms. The lowest BCUT2D eigenvalue weighted by Crippen LogP contribution is -2.44. The van der Waals surface area contributed by atoms with Crippen molar-refractivity contribution in [2.24, 2.45) is 0 Å². The van der Waals surface area contributed by atoms with Crippen LogP contribution in [-0.2, 0) is 11.3 Å². The second kappa shape index (κ2) is 4.01. The van der Waals surface area contributed by atoms with Crippen molar-refractivity contribution in [1.82, 2.24) is 19.7 Å². The monoisotopic (exact) mass is 238 g/mol. The molecule has 0 bridgehead atoms. The Bertz CT molecular complexity index is 421. The number of carbonyl (C=O) groups is 1. The SMILES string of the molecule is C[C@@H]1c2ncnn2CCN1C(=O)OC(C)(C)C. The fourth-order valence-corrected chi connectivity index (χ4v) is 1.87. The van der Waals surface area contributed by atoms with Gasteiger partial charge in [-0.15, -0.1) is 0 Å². The minimum absolute atomic E-state index is 0.0962. The Morgan fingerprint density at radius 2 is 2.18 bits per heavy atom. The lowest BCUT2D eigenvalue weighted by atomic mass is 10.2. The van der Waals surface area contributed by atoms with Crippen LogP contribution in [-0.4, -0.2) is 37.9 Å². The summed E-state index contributed by atoms with van der Waals surface area (Å²) in [5.41, 5.74) is -0.470. The number of ether oxygens (including phenoxy) is 1. The minimum Gasteiger partial charge on any atom is -0.444 e. The van der Waals surface area contributed by atoms with Gasteiger partial charge >= 0.3 is 6.09 Å². The van der Waals surface area contributed by atoms with E-state index in [0.717, 1.165) is 5.82 Å². The van der Waals surface area contributed by atoms with Gasteiger partial charge in [-0.25, -0.2) is 14.5 Å². The van der Waals surface area contributed by atoms with Crippen LogP contribution in [0.4, 0.5) is 4.79 Å². The summed E-state index contributed by atoms with van der Waals surface area (Å²) >= 11 is 0. The molecule has 0 radical (unpaired) electrons. The van der Waals surface area contributed by atoms with Gasteiger partial charge < -0.3 is 4.74 Å². The second-order valence-electron chi connectivity index (χ2n) is 5.19. The highest BCUT2D eigenvalue weighted by atomic mass is 16.6. The first-order chi connectivity index (χ1) is 7.88. The van der Waals surface area contributed by atoms with Crippen molar-refractivity contribution in [2.75, 3.05) is 6.54 Å². The van der Waals surface area contributed by atoms with E-state index in [9.17, 15) is 4.79 Å². The van der Waals surface area contributed by atoms with Crippen molar-refractivity contribution in [1.29, 1.82) is 0 Å². The molecule has 0 N–H and O–H groups in total. The van der Waals surface area contributed by atoms with Crippen molar-refractivity contribution < 1.29 is 9.53 Å². The average molecular weight is 238 g/mol. The summed E-state index contributed by atoms with van der Waals surface area (Å²) in [4.78, 5) is 17.9. The highest BCUT2D eigenvalue weighted by Crippen LogP contribution is 2.24. The molecule has 2 heterocycles. The summed E-state index contributed by atoms with van der Waals surface area (Å²) in [6, 6.07) is -0.0962.